The predicted octanol–water partition coefficient (Wildman–Crippen LogP) is 2.54. The van der Waals surface area contributed by atoms with Crippen molar-refractivity contribution in [2.75, 3.05) is 13.1 Å². The van der Waals surface area contributed by atoms with E-state index < -0.39 is 0 Å². The minimum absolute atomic E-state index is 0.183. The molecule has 2 rings (SSSR count). The topological polar surface area (TPSA) is 33.2 Å². The first kappa shape index (κ1) is 12.4. The van der Waals surface area contributed by atoms with Crippen LogP contribution in [0.3, 0.4) is 0 Å². The van der Waals surface area contributed by atoms with Gasteiger partial charge < -0.3 is 4.90 Å². The molecule has 1 aromatic rings. The SMILES string of the molecule is CC(=O)N1CCC[C@H](Cc2ccnc(Cl)c2)C1. The van der Waals surface area contributed by atoms with Crippen molar-refractivity contribution in [1.29, 1.82) is 0 Å². The number of aromatic nitrogens is 1. The van der Waals surface area contributed by atoms with E-state index in [9.17, 15) is 4.79 Å². The van der Waals surface area contributed by atoms with Crippen LogP contribution in [0.25, 0.3) is 0 Å². The van der Waals surface area contributed by atoms with Crippen molar-refractivity contribution in [3.8, 4) is 0 Å². The van der Waals surface area contributed by atoms with Crippen LogP contribution in [0.15, 0.2) is 18.3 Å². The van der Waals surface area contributed by atoms with Gasteiger partial charge in [0.05, 0.1) is 0 Å². The molecule has 0 radical (unpaired) electrons. The maximum atomic E-state index is 11.3. The summed E-state index contributed by atoms with van der Waals surface area (Å²) in [5, 5.41) is 0.543. The third-order valence-corrected chi connectivity index (χ3v) is 3.49. The smallest absolute Gasteiger partial charge is 0.219 e. The third kappa shape index (κ3) is 3.43. The van der Waals surface area contributed by atoms with Crippen molar-refractivity contribution in [3.63, 3.8) is 0 Å². The molecule has 0 N–H and O–H groups in total. The quantitative estimate of drug-likeness (QED) is 0.758. The van der Waals surface area contributed by atoms with Crippen LogP contribution in [-0.2, 0) is 11.2 Å². The Hall–Kier alpha value is -1.09. The van der Waals surface area contributed by atoms with E-state index in [0.29, 0.717) is 11.1 Å². The summed E-state index contributed by atoms with van der Waals surface area (Å²) < 4.78 is 0. The maximum absolute atomic E-state index is 11.3. The zero-order valence-corrected chi connectivity index (χ0v) is 10.8. The van der Waals surface area contributed by atoms with E-state index in [1.54, 1.807) is 13.1 Å². The van der Waals surface area contributed by atoms with Crippen LogP contribution in [0, 0.1) is 5.92 Å². The summed E-state index contributed by atoms with van der Waals surface area (Å²) in [7, 11) is 0. The van der Waals surface area contributed by atoms with E-state index in [4.69, 9.17) is 11.6 Å². The fourth-order valence-corrected chi connectivity index (χ4v) is 2.62. The van der Waals surface area contributed by atoms with E-state index in [-0.39, 0.29) is 5.91 Å². The molecule has 1 fully saturated rings. The first-order chi connectivity index (χ1) is 8.15. The van der Waals surface area contributed by atoms with Gasteiger partial charge in [0.1, 0.15) is 5.15 Å². The number of halogens is 1. The number of piperidine rings is 1. The molecule has 1 aliphatic rings. The van der Waals surface area contributed by atoms with Gasteiger partial charge in [-0.25, -0.2) is 4.98 Å². The Morgan fingerprint density at radius 3 is 3.18 bits per heavy atom. The first-order valence-corrected chi connectivity index (χ1v) is 6.39. The molecule has 92 valence electrons. The van der Waals surface area contributed by atoms with Crippen molar-refractivity contribution < 1.29 is 4.79 Å². The number of carbonyl (C=O) groups is 1. The van der Waals surface area contributed by atoms with E-state index in [1.807, 2.05) is 17.0 Å². The van der Waals surface area contributed by atoms with Gasteiger partial charge in [0.25, 0.3) is 0 Å². The molecule has 0 bridgehead atoms. The Balaban J connectivity index is 1.97. The zero-order valence-electron chi connectivity index (χ0n) is 10.0. The minimum Gasteiger partial charge on any atom is -0.343 e. The van der Waals surface area contributed by atoms with Crippen molar-refractivity contribution in [2.45, 2.75) is 26.2 Å². The highest BCUT2D eigenvalue weighted by atomic mass is 35.5. The van der Waals surface area contributed by atoms with Gasteiger partial charge in [-0.3, -0.25) is 4.79 Å². The largest absolute Gasteiger partial charge is 0.343 e. The lowest BCUT2D eigenvalue weighted by atomic mass is 9.91. The summed E-state index contributed by atoms with van der Waals surface area (Å²) in [6.45, 7) is 3.42. The van der Waals surface area contributed by atoms with E-state index in [1.165, 1.54) is 12.0 Å². The first-order valence-electron chi connectivity index (χ1n) is 6.01. The monoisotopic (exact) mass is 252 g/mol. The van der Waals surface area contributed by atoms with Crippen molar-refractivity contribution in [1.82, 2.24) is 9.88 Å². The molecule has 1 aliphatic heterocycles. The summed E-state index contributed by atoms with van der Waals surface area (Å²) in [6.07, 6.45) is 5.00. The molecule has 0 spiro atoms. The molecular weight excluding hydrogens is 236 g/mol. The second-order valence-electron chi connectivity index (χ2n) is 4.66. The van der Waals surface area contributed by atoms with Gasteiger partial charge in [0.2, 0.25) is 5.91 Å². The Bertz CT molecular complexity index is 408. The number of amides is 1. The van der Waals surface area contributed by atoms with Crippen LogP contribution in [0.2, 0.25) is 5.15 Å². The zero-order chi connectivity index (χ0) is 12.3. The van der Waals surface area contributed by atoms with Crippen LogP contribution >= 0.6 is 11.6 Å². The van der Waals surface area contributed by atoms with Gasteiger partial charge in [0, 0.05) is 26.2 Å². The summed E-state index contributed by atoms with van der Waals surface area (Å²) in [6, 6.07) is 3.91. The van der Waals surface area contributed by atoms with Gasteiger partial charge in [-0.1, -0.05) is 11.6 Å². The third-order valence-electron chi connectivity index (χ3n) is 3.28. The molecule has 4 heteroatoms. The molecule has 3 nitrogen and oxygen atoms in total. The number of hydrogen-bond donors (Lipinski definition) is 0. The van der Waals surface area contributed by atoms with Crippen LogP contribution < -0.4 is 0 Å². The normalized spacial score (nSPS) is 20.4. The molecule has 2 heterocycles. The molecule has 1 amide bonds. The van der Waals surface area contributed by atoms with Crippen LogP contribution in [-0.4, -0.2) is 28.9 Å². The Morgan fingerprint density at radius 1 is 1.65 bits per heavy atom. The average molecular weight is 253 g/mol. The molecule has 1 aromatic heterocycles. The molecule has 0 unspecified atom stereocenters. The molecule has 1 atom stereocenters. The maximum Gasteiger partial charge on any atom is 0.219 e. The summed E-state index contributed by atoms with van der Waals surface area (Å²) in [4.78, 5) is 17.3. The number of nitrogens with zero attached hydrogens (tertiary/aromatic N) is 2. The highest BCUT2D eigenvalue weighted by Gasteiger charge is 2.21. The Morgan fingerprint density at radius 2 is 2.47 bits per heavy atom. The molecule has 0 aliphatic carbocycles. The second-order valence-corrected chi connectivity index (χ2v) is 5.05. The van der Waals surface area contributed by atoms with Gasteiger partial charge in [-0.15, -0.1) is 0 Å². The predicted molar refractivity (Wildman–Crippen MR) is 67.9 cm³/mol. The molecule has 0 saturated carbocycles. The number of carbonyl (C=O) groups excluding carboxylic acids is 1. The van der Waals surface area contributed by atoms with Crippen molar-refractivity contribution in [3.05, 3.63) is 29.0 Å². The van der Waals surface area contributed by atoms with E-state index in [2.05, 4.69) is 4.98 Å². The highest BCUT2D eigenvalue weighted by molar-refractivity contribution is 6.29. The molecule has 1 saturated heterocycles. The second kappa shape index (κ2) is 5.50. The lowest BCUT2D eigenvalue weighted by Gasteiger charge is -2.32. The summed E-state index contributed by atoms with van der Waals surface area (Å²) in [5.74, 6) is 0.730. The van der Waals surface area contributed by atoms with Crippen molar-refractivity contribution >= 4 is 17.5 Å². The minimum atomic E-state index is 0.183. The summed E-state index contributed by atoms with van der Waals surface area (Å²) in [5.41, 5.74) is 1.21. The highest BCUT2D eigenvalue weighted by Crippen LogP contribution is 2.21. The molecule has 17 heavy (non-hydrogen) atoms. The number of rotatable bonds is 2. The fourth-order valence-electron chi connectivity index (χ4n) is 2.42. The Kier molecular flexibility index (Phi) is 4.00. The van der Waals surface area contributed by atoms with Gasteiger partial charge in [-0.2, -0.15) is 0 Å². The average Bonchev–Trinajstić information content (AvgIpc) is 2.29. The fraction of sp³-hybridized carbons (Fsp3) is 0.538. The van der Waals surface area contributed by atoms with Crippen LogP contribution in [0.5, 0.6) is 0 Å². The van der Waals surface area contributed by atoms with Gasteiger partial charge in [-0.05, 0) is 42.9 Å². The standard InChI is InChI=1S/C13H17ClN2O/c1-10(17)16-6-2-3-12(9-16)7-11-4-5-15-13(14)8-11/h4-5,8,12H,2-3,6-7,9H2,1H3/t12-/m1/s1. The van der Waals surface area contributed by atoms with Gasteiger partial charge >= 0.3 is 0 Å². The Labute approximate surface area is 107 Å². The lowest BCUT2D eigenvalue weighted by molar-refractivity contribution is -0.130. The summed E-state index contributed by atoms with van der Waals surface area (Å²) >= 11 is 5.87. The van der Waals surface area contributed by atoms with Crippen LogP contribution in [0.4, 0.5) is 0 Å². The van der Waals surface area contributed by atoms with E-state index in [0.717, 1.165) is 25.9 Å². The molecule has 0 aromatic carbocycles. The van der Waals surface area contributed by atoms with Gasteiger partial charge in [0.15, 0.2) is 0 Å². The van der Waals surface area contributed by atoms with Crippen molar-refractivity contribution in [2.24, 2.45) is 5.92 Å². The van der Waals surface area contributed by atoms with E-state index >= 15 is 0 Å². The number of hydrogen-bond acceptors (Lipinski definition) is 2. The van der Waals surface area contributed by atoms with Crippen LogP contribution in [0.1, 0.15) is 25.3 Å². The number of pyridine rings is 1. The lowest BCUT2D eigenvalue weighted by Crippen LogP contribution is -2.39. The molecular formula is C13H17ClN2O. The number of likely N-dealkylation sites (tertiary alicyclic amines) is 1.